The molecule has 0 radical (unpaired) electrons. The Hall–Kier alpha value is -1.62. The third-order valence-corrected chi connectivity index (χ3v) is 3.69. The number of aromatic nitrogens is 1. The molecule has 1 aromatic carbocycles. The van der Waals surface area contributed by atoms with Crippen LogP contribution in [0.1, 0.15) is 6.42 Å². The van der Waals surface area contributed by atoms with Gasteiger partial charge in [-0.3, -0.25) is 4.98 Å². The number of rotatable bonds is 5. The summed E-state index contributed by atoms with van der Waals surface area (Å²) in [5.74, 6) is 0.211. The zero-order valence-corrected chi connectivity index (χ0v) is 11.1. The van der Waals surface area contributed by atoms with Gasteiger partial charge in [0, 0.05) is 30.1 Å². The van der Waals surface area contributed by atoms with Gasteiger partial charge in [0.25, 0.3) is 0 Å². The van der Waals surface area contributed by atoms with E-state index in [1.807, 2.05) is 30.3 Å². The molecule has 4 nitrogen and oxygen atoms in total. The predicted octanol–water partition coefficient (Wildman–Crippen LogP) is 2.08. The van der Waals surface area contributed by atoms with E-state index in [0.29, 0.717) is 13.0 Å². The molecule has 0 aliphatic carbocycles. The van der Waals surface area contributed by atoms with Gasteiger partial charge in [-0.2, -0.15) is 0 Å². The van der Waals surface area contributed by atoms with Crippen LogP contribution in [0.25, 0.3) is 10.9 Å². The number of benzene rings is 1. The van der Waals surface area contributed by atoms with Crippen LogP contribution in [0, 0.1) is 0 Å². The molecule has 96 valence electrons. The number of para-hydroxylation sites is 1. The zero-order chi connectivity index (χ0) is 13.0. The van der Waals surface area contributed by atoms with Crippen molar-refractivity contribution in [1.29, 1.82) is 0 Å². The van der Waals surface area contributed by atoms with E-state index in [4.69, 9.17) is 0 Å². The van der Waals surface area contributed by atoms with E-state index < -0.39 is 9.84 Å². The minimum Gasteiger partial charge on any atom is -0.384 e. The van der Waals surface area contributed by atoms with Crippen molar-refractivity contribution in [1.82, 2.24) is 4.98 Å². The summed E-state index contributed by atoms with van der Waals surface area (Å²) < 4.78 is 22.0. The molecule has 0 amide bonds. The number of pyridine rings is 1. The molecular formula is C13H16N2O2S. The van der Waals surface area contributed by atoms with Crippen molar-refractivity contribution < 1.29 is 8.42 Å². The third kappa shape index (κ3) is 3.43. The first-order valence-corrected chi connectivity index (χ1v) is 7.88. The lowest BCUT2D eigenvalue weighted by Gasteiger charge is -2.08. The lowest BCUT2D eigenvalue weighted by atomic mass is 10.2. The predicted molar refractivity (Wildman–Crippen MR) is 74.6 cm³/mol. The summed E-state index contributed by atoms with van der Waals surface area (Å²) in [6, 6.07) is 9.77. The van der Waals surface area contributed by atoms with Crippen LogP contribution in [0.15, 0.2) is 36.5 Å². The number of sulfone groups is 1. The topological polar surface area (TPSA) is 59.1 Å². The number of anilines is 1. The van der Waals surface area contributed by atoms with Gasteiger partial charge in [-0.25, -0.2) is 8.42 Å². The Morgan fingerprint density at radius 2 is 2.00 bits per heavy atom. The first kappa shape index (κ1) is 12.8. The number of hydrogen-bond acceptors (Lipinski definition) is 4. The van der Waals surface area contributed by atoms with Gasteiger partial charge < -0.3 is 5.32 Å². The fourth-order valence-electron chi connectivity index (χ4n) is 1.81. The SMILES string of the molecule is CS(=O)(=O)CCCNc1ccnc2ccccc12. The van der Waals surface area contributed by atoms with E-state index in [2.05, 4.69) is 10.3 Å². The lowest BCUT2D eigenvalue weighted by molar-refractivity contribution is 0.600. The fourth-order valence-corrected chi connectivity index (χ4v) is 2.48. The maximum absolute atomic E-state index is 11.0. The Morgan fingerprint density at radius 1 is 1.22 bits per heavy atom. The summed E-state index contributed by atoms with van der Waals surface area (Å²) in [7, 11) is -2.87. The Balaban J connectivity index is 2.04. The molecule has 0 unspecified atom stereocenters. The van der Waals surface area contributed by atoms with Crippen LogP contribution < -0.4 is 5.32 Å². The summed E-state index contributed by atoms with van der Waals surface area (Å²) in [5.41, 5.74) is 1.93. The molecule has 1 aromatic heterocycles. The van der Waals surface area contributed by atoms with Gasteiger partial charge in [0.1, 0.15) is 9.84 Å². The number of nitrogens with zero attached hydrogens (tertiary/aromatic N) is 1. The van der Waals surface area contributed by atoms with E-state index >= 15 is 0 Å². The van der Waals surface area contributed by atoms with E-state index in [1.54, 1.807) is 6.20 Å². The molecule has 1 heterocycles. The minimum absolute atomic E-state index is 0.211. The van der Waals surface area contributed by atoms with Crippen LogP contribution in [0.4, 0.5) is 5.69 Å². The highest BCUT2D eigenvalue weighted by atomic mass is 32.2. The van der Waals surface area contributed by atoms with Crippen LogP contribution in [-0.4, -0.2) is 32.0 Å². The first-order chi connectivity index (χ1) is 8.56. The van der Waals surface area contributed by atoms with Crippen molar-refractivity contribution >= 4 is 26.4 Å². The smallest absolute Gasteiger partial charge is 0.147 e. The molecule has 5 heteroatoms. The van der Waals surface area contributed by atoms with Crippen LogP contribution in [0.3, 0.4) is 0 Å². The second kappa shape index (κ2) is 5.35. The van der Waals surface area contributed by atoms with Gasteiger partial charge in [0.15, 0.2) is 0 Å². The molecule has 2 rings (SSSR count). The van der Waals surface area contributed by atoms with Crippen LogP contribution in [-0.2, 0) is 9.84 Å². The van der Waals surface area contributed by atoms with Crippen LogP contribution >= 0.6 is 0 Å². The van der Waals surface area contributed by atoms with E-state index in [-0.39, 0.29) is 5.75 Å². The van der Waals surface area contributed by atoms with Gasteiger partial charge in [0.05, 0.1) is 11.3 Å². The highest BCUT2D eigenvalue weighted by Gasteiger charge is 2.03. The molecule has 0 atom stereocenters. The van der Waals surface area contributed by atoms with Gasteiger partial charge >= 0.3 is 0 Å². The van der Waals surface area contributed by atoms with Crippen molar-refractivity contribution in [2.24, 2.45) is 0 Å². The molecular weight excluding hydrogens is 248 g/mol. The minimum atomic E-state index is -2.87. The summed E-state index contributed by atoms with van der Waals surface area (Å²) in [6.45, 7) is 0.640. The van der Waals surface area contributed by atoms with Crippen molar-refractivity contribution in [2.45, 2.75) is 6.42 Å². The normalized spacial score (nSPS) is 11.6. The van der Waals surface area contributed by atoms with E-state index in [1.165, 1.54) is 6.26 Å². The van der Waals surface area contributed by atoms with Crippen molar-refractivity contribution in [2.75, 3.05) is 23.9 Å². The van der Waals surface area contributed by atoms with Gasteiger partial charge in [-0.1, -0.05) is 18.2 Å². The highest BCUT2D eigenvalue weighted by molar-refractivity contribution is 7.90. The summed E-state index contributed by atoms with van der Waals surface area (Å²) in [5, 5.41) is 4.31. The Bertz CT molecular complexity index is 633. The lowest BCUT2D eigenvalue weighted by Crippen LogP contribution is -2.09. The van der Waals surface area contributed by atoms with E-state index in [0.717, 1.165) is 16.6 Å². The Kier molecular flexibility index (Phi) is 3.81. The molecule has 0 aliphatic rings. The molecule has 0 aliphatic heterocycles. The average molecular weight is 264 g/mol. The summed E-state index contributed by atoms with van der Waals surface area (Å²) in [6.07, 6.45) is 3.62. The van der Waals surface area contributed by atoms with E-state index in [9.17, 15) is 8.42 Å². The number of hydrogen-bond donors (Lipinski definition) is 1. The maximum atomic E-state index is 11.0. The first-order valence-electron chi connectivity index (χ1n) is 5.81. The van der Waals surface area contributed by atoms with Gasteiger partial charge in [0.2, 0.25) is 0 Å². The fraction of sp³-hybridized carbons (Fsp3) is 0.308. The summed E-state index contributed by atoms with van der Waals surface area (Å²) >= 11 is 0. The highest BCUT2D eigenvalue weighted by Crippen LogP contribution is 2.20. The number of fused-ring (bicyclic) bond motifs is 1. The van der Waals surface area contributed by atoms with Crippen LogP contribution in [0.2, 0.25) is 0 Å². The van der Waals surface area contributed by atoms with Crippen molar-refractivity contribution in [3.63, 3.8) is 0 Å². The van der Waals surface area contributed by atoms with Crippen molar-refractivity contribution in [3.8, 4) is 0 Å². The molecule has 0 saturated heterocycles. The summed E-state index contributed by atoms with van der Waals surface area (Å²) in [4.78, 5) is 4.27. The van der Waals surface area contributed by atoms with Crippen LogP contribution in [0.5, 0.6) is 0 Å². The molecule has 0 bridgehead atoms. The quantitative estimate of drug-likeness (QED) is 0.840. The van der Waals surface area contributed by atoms with Gasteiger partial charge in [-0.15, -0.1) is 0 Å². The average Bonchev–Trinajstić information content (AvgIpc) is 2.33. The molecule has 2 aromatic rings. The van der Waals surface area contributed by atoms with Crippen molar-refractivity contribution in [3.05, 3.63) is 36.5 Å². The zero-order valence-electron chi connectivity index (χ0n) is 10.3. The number of nitrogens with one attached hydrogen (secondary N) is 1. The molecule has 0 spiro atoms. The monoisotopic (exact) mass is 264 g/mol. The second-order valence-electron chi connectivity index (χ2n) is 4.29. The molecule has 18 heavy (non-hydrogen) atoms. The Labute approximate surface area is 107 Å². The Morgan fingerprint density at radius 3 is 2.78 bits per heavy atom. The molecule has 0 fully saturated rings. The third-order valence-electron chi connectivity index (χ3n) is 2.66. The molecule has 0 saturated carbocycles. The largest absolute Gasteiger partial charge is 0.384 e. The maximum Gasteiger partial charge on any atom is 0.147 e. The molecule has 1 N–H and O–H groups in total. The standard InChI is InChI=1S/C13H16N2O2S/c1-18(16,17)10-4-8-14-13-7-9-15-12-6-3-2-5-11(12)13/h2-3,5-7,9H,4,8,10H2,1H3,(H,14,15). The van der Waals surface area contributed by atoms with Gasteiger partial charge in [-0.05, 0) is 18.6 Å². The second-order valence-corrected chi connectivity index (χ2v) is 6.55.